The number of hydrogen-bond acceptors (Lipinski definition) is 5. The fourth-order valence-electron chi connectivity index (χ4n) is 2.13. The van der Waals surface area contributed by atoms with E-state index in [0.717, 1.165) is 17.7 Å². The van der Waals surface area contributed by atoms with E-state index in [4.69, 9.17) is 9.63 Å². The lowest BCUT2D eigenvalue weighted by Gasteiger charge is -2.17. The third kappa shape index (κ3) is 1.86. The summed E-state index contributed by atoms with van der Waals surface area (Å²) in [7, 11) is 0. The lowest BCUT2D eigenvalue weighted by atomic mass is 10.2. The van der Waals surface area contributed by atoms with Crippen LogP contribution < -0.4 is 0 Å². The van der Waals surface area contributed by atoms with Crippen molar-refractivity contribution < 1.29 is 14.4 Å². The van der Waals surface area contributed by atoms with E-state index in [-0.39, 0.29) is 6.04 Å². The van der Waals surface area contributed by atoms with Gasteiger partial charge in [0.2, 0.25) is 11.7 Å². The normalized spacial score (nSPS) is 19.3. The highest BCUT2D eigenvalue weighted by molar-refractivity contribution is 7.13. The Morgan fingerprint density at radius 2 is 2.50 bits per heavy atom. The van der Waals surface area contributed by atoms with Gasteiger partial charge in [-0.2, -0.15) is 4.98 Å². The van der Waals surface area contributed by atoms with Crippen LogP contribution in [-0.2, 0) is 0 Å². The van der Waals surface area contributed by atoms with Crippen LogP contribution in [-0.4, -0.2) is 32.8 Å². The Hall–Kier alpha value is -1.89. The third-order valence-corrected chi connectivity index (χ3v) is 3.83. The van der Waals surface area contributed by atoms with E-state index in [9.17, 15) is 4.79 Å². The van der Waals surface area contributed by atoms with Crippen LogP contribution in [0.4, 0.5) is 4.79 Å². The van der Waals surface area contributed by atoms with E-state index in [1.54, 1.807) is 0 Å². The molecular formula is C11H11N3O3S. The summed E-state index contributed by atoms with van der Waals surface area (Å²) in [5.41, 5.74) is 0. The molecular weight excluding hydrogens is 254 g/mol. The Kier molecular flexibility index (Phi) is 2.75. The lowest BCUT2D eigenvalue weighted by molar-refractivity contribution is 0.131. The van der Waals surface area contributed by atoms with Crippen molar-refractivity contribution in [2.45, 2.75) is 18.9 Å². The molecule has 1 amide bonds. The zero-order valence-electron chi connectivity index (χ0n) is 9.44. The molecule has 94 valence electrons. The Bertz CT molecular complexity index is 552. The summed E-state index contributed by atoms with van der Waals surface area (Å²) in [6, 6.07) is 3.52. The van der Waals surface area contributed by atoms with Gasteiger partial charge in [-0.25, -0.2) is 4.79 Å². The first kappa shape index (κ1) is 11.2. The molecule has 1 atom stereocenters. The highest BCUT2D eigenvalue weighted by Gasteiger charge is 2.34. The Balaban J connectivity index is 1.87. The summed E-state index contributed by atoms with van der Waals surface area (Å²) in [4.78, 5) is 17.6. The standard InChI is InChI=1S/C11H11N3O3S/c15-11(16)14-5-1-3-7(14)10-12-9(13-17-10)8-4-2-6-18-8/h2,4,6-7H,1,3,5H2,(H,15,16). The van der Waals surface area contributed by atoms with Gasteiger partial charge < -0.3 is 9.63 Å². The maximum atomic E-state index is 11.1. The number of rotatable bonds is 2. The average molecular weight is 265 g/mol. The quantitative estimate of drug-likeness (QED) is 0.902. The van der Waals surface area contributed by atoms with Crippen LogP contribution in [0.25, 0.3) is 10.7 Å². The van der Waals surface area contributed by atoms with Crippen molar-refractivity contribution in [3.05, 3.63) is 23.4 Å². The van der Waals surface area contributed by atoms with Crippen LogP contribution in [0, 0.1) is 0 Å². The van der Waals surface area contributed by atoms with Gasteiger partial charge in [0.1, 0.15) is 6.04 Å². The topological polar surface area (TPSA) is 79.5 Å². The van der Waals surface area contributed by atoms with Crippen LogP contribution in [0.3, 0.4) is 0 Å². The van der Waals surface area contributed by atoms with Crippen molar-refractivity contribution in [3.8, 4) is 10.7 Å². The summed E-state index contributed by atoms with van der Waals surface area (Å²) >= 11 is 1.52. The van der Waals surface area contributed by atoms with Gasteiger partial charge in [0, 0.05) is 6.54 Å². The van der Waals surface area contributed by atoms with Gasteiger partial charge in [-0.1, -0.05) is 11.2 Å². The number of hydrogen-bond donors (Lipinski definition) is 1. The van der Waals surface area contributed by atoms with Gasteiger partial charge >= 0.3 is 6.09 Å². The van der Waals surface area contributed by atoms with Crippen molar-refractivity contribution in [2.24, 2.45) is 0 Å². The van der Waals surface area contributed by atoms with E-state index >= 15 is 0 Å². The molecule has 0 bridgehead atoms. The minimum atomic E-state index is -0.937. The van der Waals surface area contributed by atoms with E-state index in [1.165, 1.54) is 16.2 Å². The highest BCUT2D eigenvalue weighted by Crippen LogP contribution is 2.32. The summed E-state index contributed by atoms with van der Waals surface area (Å²) in [5.74, 6) is 0.913. The van der Waals surface area contributed by atoms with Gasteiger partial charge in [0.05, 0.1) is 4.88 Å². The first-order chi connectivity index (χ1) is 8.75. The maximum Gasteiger partial charge on any atom is 0.407 e. The van der Waals surface area contributed by atoms with Crippen molar-refractivity contribution in [1.29, 1.82) is 0 Å². The number of likely N-dealkylation sites (tertiary alicyclic amines) is 1. The first-order valence-electron chi connectivity index (χ1n) is 5.63. The number of nitrogens with zero attached hydrogens (tertiary/aromatic N) is 3. The fourth-order valence-corrected chi connectivity index (χ4v) is 2.78. The van der Waals surface area contributed by atoms with Crippen molar-refractivity contribution in [3.63, 3.8) is 0 Å². The van der Waals surface area contributed by atoms with E-state index in [1.807, 2.05) is 17.5 Å². The number of aromatic nitrogens is 2. The van der Waals surface area contributed by atoms with Gasteiger partial charge in [-0.05, 0) is 24.3 Å². The van der Waals surface area contributed by atoms with Crippen molar-refractivity contribution >= 4 is 17.4 Å². The first-order valence-corrected chi connectivity index (χ1v) is 6.51. The van der Waals surface area contributed by atoms with Crippen LogP contribution in [0.1, 0.15) is 24.8 Å². The molecule has 1 aliphatic heterocycles. The zero-order valence-corrected chi connectivity index (χ0v) is 10.3. The SMILES string of the molecule is O=C(O)N1CCCC1c1nc(-c2cccs2)no1. The molecule has 0 saturated carbocycles. The van der Waals surface area contributed by atoms with E-state index in [2.05, 4.69) is 10.1 Å². The average Bonchev–Trinajstić information content (AvgIpc) is 3.10. The summed E-state index contributed by atoms with van der Waals surface area (Å²) in [5, 5.41) is 14.9. The molecule has 0 spiro atoms. The monoisotopic (exact) mass is 265 g/mol. The molecule has 1 aliphatic rings. The zero-order chi connectivity index (χ0) is 12.5. The number of thiophene rings is 1. The third-order valence-electron chi connectivity index (χ3n) is 2.97. The van der Waals surface area contributed by atoms with Gasteiger partial charge in [-0.3, -0.25) is 4.90 Å². The Labute approximate surface area is 107 Å². The maximum absolute atomic E-state index is 11.1. The minimum absolute atomic E-state index is 0.302. The Morgan fingerprint density at radius 3 is 3.22 bits per heavy atom. The van der Waals surface area contributed by atoms with E-state index < -0.39 is 6.09 Å². The summed E-state index contributed by atoms with van der Waals surface area (Å²) in [6.45, 7) is 0.525. The predicted molar refractivity (Wildman–Crippen MR) is 64.3 cm³/mol. The number of carboxylic acid groups (broad SMARTS) is 1. The number of amides is 1. The molecule has 3 rings (SSSR count). The molecule has 0 aromatic carbocycles. The molecule has 1 N–H and O–H groups in total. The largest absolute Gasteiger partial charge is 0.465 e. The van der Waals surface area contributed by atoms with Gasteiger partial charge in [0.25, 0.3) is 0 Å². The van der Waals surface area contributed by atoms with E-state index in [0.29, 0.717) is 18.3 Å². The van der Waals surface area contributed by atoms with Crippen molar-refractivity contribution in [1.82, 2.24) is 15.0 Å². The molecule has 18 heavy (non-hydrogen) atoms. The molecule has 1 saturated heterocycles. The van der Waals surface area contributed by atoms with Crippen LogP contribution in [0.5, 0.6) is 0 Å². The predicted octanol–water partition coefficient (Wildman–Crippen LogP) is 2.61. The Morgan fingerprint density at radius 1 is 1.61 bits per heavy atom. The fraction of sp³-hybridized carbons (Fsp3) is 0.364. The molecule has 1 fully saturated rings. The summed E-state index contributed by atoms with van der Waals surface area (Å²) in [6.07, 6.45) is 0.625. The van der Waals surface area contributed by atoms with Crippen LogP contribution >= 0.6 is 11.3 Å². The second-order valence-electron chi connectivity index (χ2n) is 4.07. The molecule has 0 radical (unpaired) electrons. The molecule has 3 heterocycles. The second-order valence-corrected chi connectivity index (χ2v) is 5.02. The highest BCUT2D eigenvalue weighted by atomic mass is 32.1. The van der Waals surface area contributed by atoms with Crippen LogP contribution in [0.2, 0.25) is 0 Å². The molecule has 2 aromatic heterocycles. The van der Waals surface area contributed by atoms with Gasteiger partial charge in [0.15, 0.2) is 0 Å². The van der Waals surface area contributed by atoms with Crippen molar-refractivity contribution in [2.75, 3.05) is 6.54 Å². The molecule has 0 aliphatic carbocycles. The number of carbonyl (C=O) groups is 1. The molecule has 2 aromatic rings. The van der Waals surface area contributed by atoms with Gasteiger partial charge in [-0.15, -0.1) is 11.3 Å². The molecule has 7 heteroatoms. The smallest absolute Gasteiger partial charge is 0.407 e. The molecule has 6 nitrogen and oxygen atoms in total. The summed E-state index contributed by atoms with van der Waals surface area (Å²) < 4.78 is 5.19. The molecule has 1 unspecified atom stereocenters. The lowest BCUT2D eigenvalue weighted by Crippen LogP contribution is -2.28. The second kappa shape index (κ2) is 4.41. The minimum Gasteiger partial charge on any atom is -0.465 e. The van der Waals surface area contributed by atoms with Crippen LogP contribution in [0.15, 0.2) is 22.0 Å².